The molecule has 3 fully saturated rings. The highest BCUT2D eigenvalue weighted by Gasteiger charge is 2.31. The number of hydrogen-bond donors (Lipinski definition) is 10. The SMILES string of the molecule is CCN1CCC(c2cc(OC(C)C)c(Nc3nc(Nc4ccccc4S(=O)(=O)C(C)C)c4cn[nH]c4n3)cc2C)CC1.Cc1cc(Nc2nc(Nc3ccccc3S(=O)(=O)C(C)C)c3cn[nH]c3n2)c(OC(C)C)cc1C1CCN(C)CC1.Cc1cc(Nc2nc(Nc3ccccc3S(=O)(=O)C(C)C)c3cn[nH]c3n2)c(OC(C)C)cc1C1CCNCC1. The van der Waals surface area contributed by atoms with Crippen molar-refractivity contribution >= 4 is 132 Å². The molecule has 6 aromatic carbocycles. The van der Waals surface area contributed by atoms with Crippen LogP contribution in [0.3, 0.4) is 0 Å². The Kier molecular flexibility index (Phi) is 28.2. The van der Waals surface area contributed by atoms with Gasteiger partial charge < -0.3 is 61.2 Å². The molecule has 15 rings (SSSR count). The maximum absolute atomic E-state index is 13.1. The molecule has 0 bridgehead atoms. The molecule has 9 heterocycles. The third-order valence-electron chi connectivity index (χ3n) is 22.5. The second kappa shape index (κ2) is 38.8. The van der Waals surface area contributed by atoms with Crippen molar-refractivity contribution in [1.82, 2.24) is 75.6 Å². The lowest BCUT2D eigenvalue weighted by atomic mass is 9.86. The summed E-state index contributed by atoms with van der Waals surface area (Å²) in [5.74, 6) is 5.99. The van der Waals surface area contributed by atoms with Crippen molar-refractivity contribution in [3.63, 3.8) is 0 Å². The molecule has 3 aliphatic rings. The molecule has 33 heteroatoms. The van der Waals surface area contributed by atoms with E-state index in [1.54, 1.807) is 133 Å². The quantitative estimate of drug-likeness (QED) is 0.0218. The van der Waals surface area contributed by atoms with E-state index >= 15 is 0 Å². The summed E-state index contributed by atoms with van der Waals surface area (Å²) in [6.07, 6.45) is 11.5. The lowest BCUT2D eigenvalue weighted by Crippen LogP contribution is -2.32. The molecule has 3 aliphatic heterocycles. The van der Waals surface area contributed by atoms with Gasteiger partial charge in [0.15, 0.2) is 46.5 Å². The zero-order chi connectivity index (χ0) is 87.8. The Hall–Kier alpha value is -11.1. The van der Waals surface area contributed by atoms with Crippen LogP contribution in [0.25, 0.3) is 33.1 Å². The van der Waals surface area contributed by atoms with Crippen LogP contribution in [0.15, 0.2) is 142 Å². The molecular formula is C90H117N21O9S3. The van der Waals surface area contributed by atoms with Crippen molar-refractivity contribution in [2.24, 2.45) is 0 Å². The summed E-state index contributed by atoms with van der Waals surface area (Å²) < 4.78 is 97.2. The van der Waals surface area contributed by atoms with Gasteiger partial charge in [-0.05, 0) is 319 Å². The minimum Gasteiger partial charge on any atom is -0.489 e. The predicted octanol–water partition coefficient (Wildman–Crippen LogP) is 17.8. The van der Waals surface area contributed by atoms with Gasteiger partial charge in [0.05, 0.1) is 118 Å². The van der Waals surface area contributed by atoms with E-state index in [1.165, 1.54) is 33.4 Å². The summed E-state index contributed by atoms with van der Waals surface area (Å²) in [5, 5.41) is 44.6. The fourth-order valence-electron chi connectivity index (χ4n) is 15.7. The number of fused-ring (bicyclic) bond motifs is 3. The normalized spacial score (nSPS) is 15.0. The van der Waals surface area contributed by atoms with E-state index in [2.05, 4.69) is 164 Å². The summed E-state index contributed by atoms with van der Waals surface area (Å²) in [6, 6.07) is 33.3. The molecule has 30 nitrogen and oxygen atoms in total. The lowest BCUT2D eigenvalue weighted by Gasteiger charge is -2.32. The highest BCUT2D eigenvalue weighted by molar-refractivity contribution is 7.92. The Labute approximate surface area is 721 Å². The zero-order valence-corrected chi connectivity index (χ0v) is 75.8. The number of likely N-dealkylation sites (tertiary alicyclic amines) is 2. The van der Waals surface area contributed by atoms with Crippen molar-refractivity contribution < 1.29 is 39.5 Å². The molecule has 6 aromatic heterocycles. The third-order valence-corrected chi connectivity index (χ3v) is 29.1. The topological polar surface area (TPSA) is 384 Å². The second-order valence-electron chi connectivity index (χ2n) is 33.5. The van der Waals surface area contributed by atoms with Crippen molar-refractivity contribution in [3.8, 4) is 17.2 Å². The zero-order valence-electron chi connectivity index (χ0n) is 73.3. The third kappa shape index (κ3) is 21.1. The molecule has 0 spiro atoms. The van der Waals surface area contributed by atoms with E-state index in [4.69, 9.17) is 29.2 Å². The van der Waals surface area contributed by atoms with Crippen LogP contribution in [0.4, 0.5) is 69.4 Å². The first-order chi connectivity index (χ1) is 58.7. The number of para-hydroxylation sites is 3. The van der Waals surface area contributed by atoms with Crippen LogP contribution in [0.1, 0.15) is 180 Å². The maximum Gasteiger partial charge on any atom is 0.231 e. The second-order valence-corrected chi connectivity index (χ2v) is 40.9. The van der Waals surface area contributed by atoms with Crippen molar-refractivity contribution in [1.29, 1.82) is 0 Å². The van der Waals surface area contributed by atoms with Crippen LogP contribution in [0.5, 0.6) is 17.2 Å². The first kappa shape index (κ1) is 89.7. The molecule has 0 unspecified atom stereocenters. The number of aromatic nitrogens is 12. The van der Waals surface area contributed by atoms with Crippen LogP contribution < -0.4 is 51.4 Å². The number of anilines is 12. The molecule has 10 N–H and O–H groups in total. The highest BCUT2D eigenvalue weighted by atomic mass is 32.2. The number of nitrogens with one attached hydrogen (secondary N) is 10. The number of nitrogens with zero attached hydrogens (tertiary/aromatic N) is 11. The summed E-state index contributed by atoms with van der Waals surface area (Å²) >= 11 is 0. The van der Waals surface area contributed by atoms with Crippen molar-refractivity contribution in [2.75, 3.05) is 84.8 Å². The fourth-order valence-corrected chi connectivity index (χ4v) is 19.3. The minimum atomic E-state index is -3.53. The lowest BCUT2D eigenvalue weighted by molar-refractivity contribution is 0.221. The van der Waals surface area contributed by atoms with Crippen LogP contribution in [0, 0.1) is 20.8 Å². The highest BCUT2D eigenvalue weighted by Crippen LogP contribution is 2.44. The Morgan fingerprint density at radius 2 is 0.683 bits per heavy atom. The minimum absolute atomic E-state index is 0.0169. The predicted molar refractivity (Wildman–Crippen MR) is 490 cm³/mol. The number of aromatic amines is 3. The van der Waals surface area contributed by atoms with Gasteiger partial charge in [-0.3, -0.25) is 15.3 Å². The van der Waals surface area contributed by atoms with E-state index in [0.717, 1.165) is 119 Å². The van der Waals surface area contributed by atoms with Gasteiger partial charge in [0.2, 0.25) is 17.8 Å². The molecule has 3 saturated heterocycles. The number of sulfone groups is 3. The van der Waals surface area contributed by atoms with Gasteiger partial charge in [-0.2, -0.15) is 45.2 Å². The van der Waals surface area contributed by atoms with Gasteiger partial charge in [0, 0.05) is 0 Å². The van der Waals surface area contributed by atoms with Gasteiger partial charge in [-0.1, -0.05) is 43.3 Å². The average molecular weight is 1730 g/mol. The first-order valence-electron chi connectivity index (χ1n) is 42.5. The van der Waals surface area contributed by atoms with Gasteiger partial charge in [-0.25, -0.2) is 25.3 Å². The van der Waals surface area contributed by atoms with E-state index in [1.807, 2.05) is 41.5 Å². The first-order valence-corrected chi connectivity index (χ1v) is 47.2. The van der Waals surface area contributed by atoms with Crippen LogP contribution in [-0.2, 0) is 29.5 Å². The number of aryl methyl sites for hydroxylation is 3. The monoisotopic (exact) mass is 1730 g/mol. The number of rotatable bonds is 28. The Morgan fingerprint density at radius 1 is 0.390 bits per heavy atom. The molecule has 0 aliphatic carbocycles. The van der Waals surface area contributed by atoms with Crippen LogP contribution in [-0.4, -0.2) is 182 Å². The number of benzene rings is 6. The summed E-state index contributed by atoms with van der Waals surface area (Å²) in [6.45, 7) is 38.2. The van der Waals surface area contributed by atoms with Gasteiger partial charge in [-0.15, -0.1) is 0 Å². The fraction of sp³-hybridized carbons (Fsp3) is 0.433. The van der Waals surface area contributed by atoms with Crippen molar-refractivity contribution in [2.45, 2.75) is 216 Å². The Bertz CT molecular complexity index is 6070. The van der Waals surface area contributed by atoms with Crippen LogP contribution in [0.2, 0.25) is 0 Å². The Morgan fingerprint density at radius 3 is 0.976 bits per heavy atom. The number of piperidine rings is 3. The van der Waals surface area contributed by atoms with Gasteiger partial charge >= 0.3 is 0 Å². The van der Waals surface area contributed by atoms with Gasteiger partial charge in [0.1, 0.15) is 34.7 Å². The average Bonchev–Trinajstić information content (AvgIpc) is 1.56. The molecule has 123 heavy (non-hydrogen) atoms. The molecule has 654 valence electrons. The van der Waals surface area contributed by atoms with Gasteiger partial charge in [0.25, 0.3) is 0 Å². The maximum atomic E-state index is 13.1. The summed E-state index contributed by atoms with van der Waals surface area (Å²) in [4.78, 5) is 33.7. The molecule has 12 aromatic rings. The Balaban J connectivity index is 0.000000159. The largest absolute Gasteiger partial charge is 0.489 e. The van der Waals surface area contributed by atoms with E-state index in [0.29, 0.717) is 103 Å². The summed E-state index contributed by atoms with van der Waals surface area (Å²) in [7, 11) is -8.42. The smallest absolute Gasteiger partial charge is 0.231 e. The number of H-pyrrole nitrogens is 3. The molecular weight excluding hydrogens is 1620 g/mol. The summed E-state index contributed by atoms with van der Waals surface area (Å²) in [5.41, 5.74) is 12.7. The van der Waals surface area contributed by atoms with Crippen molar-refractivity contribution in [3.05, 3.63) is 161 Å². The number of hydrogen-bond acceptors (Lipinski definition) is 27. The standard InChI is InChI=1S/C31H41N7O3S.C30H39N7O3S.C29H37N7O3S/c1-7-38-14-12-22(13-15-38)23-17-27(41-19(2)3)26(16-21(23)6)34-31-35-29(24-18-32-37-30(24)36-31)33-25-10-8-9-11-28(25)42(39,40)20(4)5;1-18(2)40-26-16-22(21-11-13-37(6)14-12-21)20(5)15-25(26)33-30-34-28(23-17-31-36-29(23)35-30)32-24-9-7-8-10-27(24)41(38,39)19(3)4;1-17(2)39-25-15-21(20-10-12-30-13-11-20)19(5)14-24(25)33-29-34-27(22-16-31-36-28(22)35-29)32-23-8-6-7-9-26(23)40(37,38)18(3)4/h8-11,16-20,22H,7,12-15H2,1-6H3,(H3,32,33,34,35,36,37);7-10,15-19,21H,11-14H2,1-6H3,(H3,31,32,33,34,35,36);6-9,14-18,20,30H,10-13H2,1-5H3,(H3,31,32,33,34,35,36). The number of ether oxygens (including phenoxy) is 3. The molecule has 0 amide bonds. The van der Waals surface area contributed by atoms with E-state index in [9.17, 15) is 25.3 Å². The van der Waals surface area contributed by atoms with E-state index < -0.39 is 45.3 Å². The molecule has 0 saturated carbocycles. The molecule has 0 atom stereocenters. The van der Waals surface area contributed by atoms with E-state index in [-0.39, 0.29) is 33.0 Å². The molecule has 0 radical (unpaired) electrons. The van der Waals surface area contributed by atoms with Crippen LogP contribution >= 0.6 is 0 Å².